The van der Waals surface area contributed by atoms with E-state index in [1.807, 2.05) is 6.92 Å². The molecular weight excluding hydrogens is 270 g/mol. The summed E-state index contributed by atoms with van der Waals surface area (Å²) < 4.78 is 5.05. The summed E-state index contributed by atoms with van der Waals surface area (Å²) in [6.07, 6.45) is 0.617. The first-order valence-electron chi connectivity index (χ1n) is 6.65. The lowest BCUT2D eigenvalue weighted by Crippen LogP contribution is -2.14. The van der Waals surface area contributed by atoms with Crippen LogP contribution in [0.1, 0.15) is 35.7 Å². The van der Waals surface area contributed by atoms with Crippen LogP contribution in [0.3, 0.4) is 0 Å². The van der Waals surface area contributed by atoms with Crippen LogP contribution in [0.5, 0.6) is 0 Å². The van der Waals surface area contributed by atoms with Gasteiger partial charge >= 0.3 is 0 Å². The zero-order valence-corrected chi connectivity index (χ0v) is 12.2. The van der Waals surface area contributed by atoms with E-state index in [0.29, 0.717) is 34.8 Å². The van der Waals surface area contributed by atoms with E-state index in [0.717, 1.165) is 0 Å². The lowest BCUT2D eigenvalue weighted by Gasteiger charge is -2.07. The lowest BCUT2D eigenvalue weighted by molar-refractivity contribution is -0.114. The molecule has 21 heavy (non-hydrogen) atoms. The van der Waals surface area contributed by atoms with Crippen molar-refractivity contribution in [2.24, 2.45) is 0 Å². The van der Waals surface area contributed by atoms with E-state index in [4.69, 9.17) is 4.52 Å². The van der Waals surface area contributed by atoms with E-state index in [1.165, 1.54) is 6.92 Å². The average Bonchev–Trinajstić information content (AvgIpc) is 2.79. The minimum absolute atomic E-state index is 0.165. The number of nitrogens with one attached hydrogen (secondary N) is 2. The van der Waals surface area contributed by atoms with Crippen molar-refractivity contribution in [2.75, 3.05) is 10.6 Å². The quantitative estimate of drug-likeness (QED) is 0.905. The van der Waals surface area contributed by atoms with Gasteiger partial charge in [0.25, 0.3) is 5.91 Å². The molecule has 0 aliphatic rings. The maximum atomic E-state index is 12.3. The van der Waals surface area contributed by atoms with Gasteiger partial charge in [0.15, 0.2) is 0 Å². The van der Waals surface area contributed by atoms with Gasteiger partial charge in [0.1, 0.15) is 11.3 Å². The second kappa shape index (κ2) is 6.21. The van der Waals surface area contributed by atoms with Crippen molar-refractivity contribution in [3.8, 4) is 0 Å². The molecule has 0 saturated carbocycles. The highest BCUT2D eigenvalue weighted by Crippen LogP contribution is 2.19. The standard InChI is InChI=1S/C15H17N3O3/c1-4-13-14(9(2)21-18-13)15(20)17-12-7-5-6-11(8-12)16-10(3)19/h5-8H,4H2,1-3H3,(H,16,19)(H,17,20). The molecule has 0 spiro atoms. The summed E-state index contributed by atoms with van der Waals surface area (Å²) in [7, 11) is 0. The van der Waals surface area contributed by atoms with Crippen molar-refractivity contribution in [3.63, 3.8) is 0 Å². The molecule has 0 radical (unpaired) electrons. The summed E-state index contributed by atoms with van der Waals surface area (Å²) in [4.78, 5) is 23.4. The fourth-order valence-corrected chi connectivity index (χ4v) is 2.02. The summed E-state index contributed by atoms with van der Waals surface area (Å²) in [5.74, 6) is 0.0505. The van der Waals surface area contributed by atoms with Crippen molar-refractivity contribution in [1.29, 1.82) is 0 Å². The van der Waals surface area contributed by atoms with Crippen molar-refractivity contribution >= 4 is 23.2 Å². The Morgan fingerprint density at radius 1 is 1.24 bits per heavy atom. The molecule has 2 N–H and O–H groups in total. The fraction of sp³-hybridized carbons (Fsp3) is 0.267. The van der Waals surface area contributed by atoms with Crippen molar-refractivity contribution in [1.82, 2.24) is 5.16 Å². The number of benzene rings is 1. The number of amides is 2. The van der Waals surface area contributed by atoms with Gasteiger partial charge in [-0.3, -0.25) is 9.59 Å². The van der Waals surface area contributed by atoms with E-state index in [-0.39, 0.29) is 11.8 Å². The second-order valence-corrected chi connectivity index (χ2v) is 4.63. The molecular formula is C15H17N3O3. The van der Waals surface area contributed by atoms with Gasteiger partial charge in [-0.1, -0.05) is 18.1 Å². The molecule has 0 fully saturated rings. The second-order valence-electron chi connectivity index (χ2n) is 4.63. The smallest absolute Gasteiger partial charge is 0.261 e. The molecule has 0 unspecified atom stereocenters. The zero-order chi connectivity index (χ0) is 15.4. The topological polar surface area (TPSA) is 84.2 Å². The maximum absolute atomic E-state index is 12.3. The predicted octanol–water partition coefficient (Wildman–Crippen LogP) is 2.76. The molecule has 6 nitrogen and oxygen atoms in total. The number of hydrogen-bond donors (Lipinski definition) is 2. The van der Waals surface area contributed by atoms with Crippen LogP contribution in [-0.4, -0.2) is 17.0 Å². The third kappa shape index (κ3) is 3.47. The maximum Gasteiger partial charge on any atom is 0.261 e. The number of aryl methyl sites for hydroxylation is 2. The minimum Gasteiger partial charge on any atom is -0.361 e. The monoisotopic (exact) mass is 287 g/mol. The van der Waals surface area contributed by atoms with Gasteiger partial charge in [-0.15, -0.1) is 0 Å². The lowest BCUT2D eigenvalue weighted by atomic mass is 10.1. The van der Waals surface area contributed by atoms with Gasteiger partial charge < -0.3 is 15.2 Å². The first kappa shape index (κ1) is 14.8. The zero-order valence-electron chi connectivity index (χ0n) is 12.2. The Labute approximate surface area is 122 Å². The molecule has 2 amide bonds. The van der Waals surface area contributed by atoms with E-state index in [1.54, 1.807) is 31.2 Å². The molecule has 1 heterocycles. The Balaban J connectivity index is 2.19. The Bertz CT molecular complexity index is 677. The third-order valence-corrected chi connectivity index (χ3v) is 2.94. The molecule has 0 aliphatic heterocycles. The Morgan fingerprint density at radius 2 is 1.90 bits per heavy atom. The number of carbonyl (C=O) groups excluding carboxylic acids is 2. The van der Waals surface area contributed by atoms with Crippen LogP contribution in [0.2, 0.25) is 0 Å². The molecule has 0 atom stereocenters. The van der Waals surface area contributed by atoms with Crippen molar-refractivity contribution in [3.05, 3.63) is 41.3 Å². The normalized spacial score (nSPS) is 10.2. The summed E-state index contributed by atoms with van der Waals surface area (Å²) in [5.41, 5.74) is 2.30. The Kier molecular flexibility index (Phi) is 4.37. The van der Waals surface area contributed by atoms with Gasteiger partial charge in [-0.2, -0.15) is 0 Å². The number of carbonyl (C=O) groups is 2. The van der Waals surface area contributed by atoms with Gasteiger partial charge in [-0.25, -0.2) is 0 Å². The highest BCUT2D eigenvalue weighted by Gasteiger charge is 2.19. The van der Waals surface area contributed by atoms with Crippen LogP contribution in [0, 0.1) is 6.92 Å². The third-order valence-electron chi connectivity index (χ3n) is 2.94. The molecule has 0 bridgehead atoms. The summed E-state index contributed by atoms with van der Waals surface area (Å²) in [6.45, 7) is 5.04. The fourth-order valence-electron chi connectivity index (χ4n) is 2.02. The van der Waals surface area contributed by atoms with Gasteiger partial charge in [0.05, 0.1) is 5.69 Å². The molecule has 110 valence electrons. The van der Waals surface area contributed by atoms with Crippen LogP contribution in [0.4, 0.5) is 11.4 Å². The summed E-state index contributed by atoms with van der Waals surface area (Å²) in [5, 5.41) is 9.31. The van der Waals surface area contributed by atoms with E-state index >= 15 is 0 Å². The molecule has 6 heteroatoms. The number of rotatable bonds is 4. The minimum atomic E-state index is -0.273. The van der Waals surface area contributed by atoms with Crippen LogP contribution in [0.15, 0.2) is 28.8 Å². The first-order valence-corrected chi connectivity index (χ1v) is 6.65. The van der Waals surface area contributed by atoms with E-state index in [9.17, 15) is 9.59 Å². The Morgan fingerprint density at radius 3 is 2.52 bits per heavy atom. The molecule has 2 aromatic rings. The SMILES string of the molecule is CCc1noc(C)c1C(=O)Nc1cccc(NC(C)=O)c1. The van der Waals surface area contributed by atoms with Crippen LogP contribution >= 0.6 is 0 Å². The Hall–Kier alpha value is -2.63. The van der Waals surface area contributed by atoms with E-state index < -0.39 is 0 Å². The highest BCUT2D eigenvalue weighted by atomic mass is 16.5. The predicted molar refractivity (Wildman–Crippen MR) is 79.3 cm³/mol. The van der Waals surface area contributed by atoms with Crippen molar-refractivity contribution < 1.29 is 14.1 Å². The average molecular weight is 287 g/mol. The summed E-state index contributed by atoms with van der Waals surface area (Å²) in [6, 6.07) is 6.94. The van der Waals surface area contributed by atoms with Gasteiger partial charge in [-0.05, 0) is 31.5 Å². The highest BCUT2D eigenvalue weighted by molar-refractivity contribution is 6.06. The van der Waals surface area contributed by atoms with Gasteiger partial charge in [0, 0.05) is 18.3 Å². The number of hydrogen-bond acceptors (Lipinski definition) is 4. The molecule has 2 rings (SSSR count). The first-order chi connectivity index (χ1) is 10.0. The van der Waals surface area contributed by atoms with Crippen LogP contribution < -0.4 is 10.6 Å². The molecule has 0 aliphatic carbocycles. The van der Waals surface area contributed by atoms with E-state index in [2.05, 4.69) is 15.8 Å². The number of aromatic nitrogens is 1. The number of nitrogens with zero attached hydrogens (tertiary/aromatic N) is 1. The summed E-state index contributed by atoms with van der Waals surface area (Å²) >= 11 is 0. The molecule has 1 aromatic carbocycles. The van der Waals surface area contributed by atoms with Crippen LogP contribution in [0.25, 0.3) is 0 Å². The van der Waals surface area contributed by atoms with Gasteiger partial charge in [0.2, 0.25) is 5.91 Å². The molecule has 0 saturated heterocycles. The number of anilines is 2. The van der Waals surface area contributed by atoms with Crippen LogP contribution in [-0.2, 0) is 11.2 Å². The largest absolute Gasteiger partial charge is 0.361 e. The van der Waals surface area contributed by atoms with Crippen molar-refractivity contribution in [2.45, 2.75) is 27.2 Å². The molecule has 1 aromatic heterocycles.